The van der Waals surface area contributed by atoms with Crippen molar-refractivity contribution in [3.8, 4) is 0 Å². The topological polar surface area (TPSA) is 66.6 Å². The number of hydrogen-bond acceptors (Lipinski definition) is 4. The van der Waals surface area contributed by atoms with Gasteiger partial charge in [0.1, 0.15) is 0 Å². The van der Waals surface area contributed by atoms with E-state index < -0.39 is 0 Å². The highest BCUT2D eigenvalue weighted by molar-refractivity contribution is 6.06. The Kier molecular flexibility index (Phi) is 5.66. The largest absolute Gasteiger partial charge is 0.309 e. The van der Waals surface area contributed by atoms with Crippen LogP contribution in [0.15, 0.2) is 24.3 Å². The van der Waals surface area contributed by atoms with Crippen LogP contribution in [0.1, 0.15) is 34.1 Å². The van der Waals surface area contributed by atoms with E-state index in [9.17, 15) is 9.59 Å². The van der Waals surface area contributed by atoms with Gasteiger partial charge in [0.15, 0.2) is 5.78 Å². The summed E-state index contributed by atoms with van der Waals surface area (Å²) in [6, 6.07) is 6.74. The molecule has 2 N–H and O–H groups in total. The fourth-order valence-corrected chi connectivity index (χ4v) is 1.79. The van der Waals surface area contributed by atoms with Crippen molar-refractivity contribution in [1.82, 2.24) is 9.91 Å². The predicted octanol–water partition coefficient (Wildman–Crippen LogP) is 1.16. The Morgan fingerprint density at radius 3 is 2.21 bits per heavy atom. The number of hydrazine groups is 1. The Bertz CT molecular complexity index is 458. The molecule has 0 bridgehead atoms. The number of carbonyl (C=O) groups excluding carboxylic acids is 2. The summed E-state index contributed by atoms with van der Waals surface area (Å²) in [4.78, 5) is 25.7. The Balaban J connectivity index is 2.74. The summed E-state index contributed by atoms with van der Waals surface area (Å²) in [5.41, 5.74) is 0.776. The van der Waals surface area contributed by atoms with Gasteiger partial charge in [0, 0.05) is 12.1 Å². The summed E-state index contributed by atoms with van der Waals surface area (Å²) in [5.74, 6) is 5.31. The van der Waals surface area contributed by atoms with Gasteiger partial charge >= 0.3 is 0 Å². The molecule has 0 spiro atoms. The van der Waals surface area contributed by atoms with Crippen LogP contribution in [0, 0.1) is 0 Å². The zero-order chi connectivity index (χ0) is 14.4. The molecule has 5 nitrogen and oxygen atoms in total. The van der Waals surface area contributed by atoms with E-state index in [0.717, 1.165) is 13.0 Å². The van der Waals surface area contributed by atoms with Gasteiger partial charge in [-0.2, -0.15) is 0 Å². The van der Waals surface area contributed by atoms with E-state index in [4.69, 9.17) is 5.84 Å². The van der Waals surface area contributed by atoms with E-state index in [1.807, 2.05) is 19.0 Å². The van der Waals surface area contributed by atoms with Crippen molar-refractivity contribution in [1.29, 1.82) is 0 Å². The second kappa shape index (κ2) is 7.01. The minimum absolute atomic E-state index is 0.134. The Labute approximate surface area is 114 Å². The van der Waals surface area contributed by atoms with Crippen LogP contribution in [0.4, 0.5) is 0 Å². The number of benzene rings is 1. The van der Waals surface area contributed by atoms with Crippen molar-refractivity contribution < 1.29 is 9.59 Å². The van der Waals surface area contributed by atoms with Crippen molar-refractivity contribution in [2.45, 2.75) is 13.3 Å². The monoisotopic (exact) mass is 263 g/mol. The SMILES string of the molecule is CC(=O)c1ccccc1C(=O)N(N)CCCN(C)C. The number of carbonyl (C=O) groups is 2. The van der Waals surface area contributed by atoms with Gasteiger partial charge in [-0.3, -0.25) is 14.6 Å². The number of ketones is 1. The first-order chi connectivity index (χ1) is 8.93. The first-order valence-corrected chi connectivity index (χ1v) is 6.24. The fourth-order valence-electron chi connectivity index (χ4n) is 1.79. The molecule has 5 heteroatoms. The molecule has 1 aromatic rings. The van der Waals surface area contributed by atoms with E-state index in [-0.39, 0.29) is 11.7 Å². The Hall–Kier alpha value is -1.72. The van der Waals surface area contributed by atoms with Gasteiger partial charge in [-0.05, 0) is 40.1 Å². The molecule has 0 unspecified atom stereocenters. The number of rotatable bonds is 6. The van der Waals surface area contributed by atoms with Crippen molar-refractivity contribution >= 4 is 11.7 Å². The molecular weight excluding hydrogens is 242 g/mol. The maximum Gasteiger partial charge on any atom is 0.268 e. The molecule has 0 saturated heterocycles. The molecule has 19 heavy (non-hydrogen) atoms. The molecule has 0 atom stereocenters. The normalized spacial score (nSPS) is 10.6. The van der Waals surface area contributed by atoms with E-state index in [0.29, 0.717) is 17.7 Å². The van der Waals surface area contributed by atoms with Gasteiger partial charge < -0.3 is 4.90 Å². The molecule has 0 heterocycles. The summed E-state index contributed by atoms with van der Waals surface area (Å²) in [6.07, 6.45) is 0.789. The highest BCUT2D eigenvalue weighted by atomic mass is 16.2. The standard InChI is InChI=1S/C14H21N3O2/c1-11(18)12-7-4-5-8-13(12)14(19)17(15)10-6-9-16(2)3/h4-5,7-8H,6,9-10,15H2,1-3H3. The fraction of sp³-hybridized carbons (Fsp3) is 0.429. The lowest BCUT2D eigenvalue weighted by molar-refractivity contribution is 0.0745. The van der Waals surface area contributed by atoms with Gasteiger partial charge in [0.05, 0.1) is 5.56 Å². The first-order valence-electron chi connectivity index (χ1n) is 6.24. The second-order valence-electron chi connectivity index (χ2n) is 4.76. The highest BCUT2D eigenvalue weighted by Crippen LogP contribution is 2.11. The molecule has 1 amide bonds. The maximum atomic E-state index is 12.2. The summed E-state index contributed by atoms with van der Waals surface area (Å²) in [6.45, 7) is 2.76. The number of nitrogens with two attached hydrogens (primary N) is 1. The van der Waals surface area contributed by atoms with Gasteiger partial charge in [-0.1, -0.05) is 18.2 Å². The highest BCUT2D eigenvalue weighted by Gasteiger charge is 2.17. The zero-order valence-corrected chi connectivity index (χ0v) is 11.7. The van der Waals surface area contributed by atoms with Gasteiger partial charge in [-0.25, -0.2) is 5.84 Å². The predicted molar refractivity (Wildman–Crippen MR) is 74.8 cm³/mol. The molecular formula is C14H21N3O2. The molecule has 0 saturated carbocycles. The van der Waals surface area contributed by atoms with Crippen LogP contribution in [0.2, 0.25) is 0 Å². The van der Waals surface area contributed by atoms with E-state index in [1.54, 1.807) is 24.3 Å². The van der Waals surface area contributed by atoms with Crippen molar-refractivity contribution in [2.75, 3.05) is 27.2 Å². The van der Waals surface area contributed by atoms with Crippen molar-refractivity contribution in [3.05, 3.63) is 35.4 Å². The van der Waals surface area contributed by atoms with Crippen LogP contribution in [0.25, 0.3) is 0 Å². The summed E-state index contributed by atoms with van der Waals surface area (Å²) >= 11 is 0. The smallest absolute Gasteiger partial charge is 0.268 e. The molecule has 0 aliphatic rings. The maximum absolute atomic E-state index is 12.2. The van der Waals surface area contributed by atoms with Crippen LogP contribution in [0.5, 0.6) is 0 Å². The zero-order valence-electron chi connectivity index (χ0n) is 11.7. The van der Waals surface area contributed by atoms with Crippen LogP contribution in [-0.4, -0.2) is 48.8 Å². The summed E-state index contributed by atoms with van der Waals surface area (Å²) in [7, 11) is 3.93. The van der Waals surface area contributed by atoms with E-state index >= 15 is 0 Å². The molecule has 0 radical (unpaired) electrons. The van der Waals surface area contributed by atoms with Gasteiger partial charge in [0.2, 0.25) is 0 Å². The third kappa shape index (κ3) is 4.46. The lowest BCUT2D eigenvalue weighted by Gasteiger charge is -2.19. The van der Waals surface area contributed by atoms with Crippen LogP contribution in [0.3, 0.4) is 0 Å². The average molecular weight is 263 g/mol. The molecule has 0 aliphatic carbocycles. The van der Waals surface area contributed by atoms with Crippen LogP contribution in [-0.2, 0) is 0 Å². The van der Waals surface area contributed by atoms with Gasteiger partial charge in [-0.15, -0.1) is 0 Å². The molecule has 0 aliphatic heterocycles. The summed E-state index contributed by atoms with van der Waals surface area (Å²) in [5, 5.41) is 1.17. The number of amides is 1. The average Bonchev–Trinajstić information content (AvgIpc) is 2.37. The Morgan fingerprint density at radius 2 is 1.68 bits per heavy atom. The molecule has 104 valence electrons. The minimum atomic E-state index is -0.315. The minimum Gasteiger partial charge on any atom is -0.309 e. The molecule has 1 aromatic carbocycles. The molecule has 0 fully saturated rings. The van der Waals surface area contributed by atoms with Crippen LogP contribution < -0.4 is 5.84 Å². The Morgan fingerprint density at radius 1 is 1.11 bits per heavy atom. The van der Waals surface area contributed by atoms with E-state index in [2.05, 4.69) is 0 Å². The lowest BCUT2D eigenvalue weighted by Crippen LogP contribution is -2.39. The number of Topliss-reactive ketones (excluding diaryl/α,β-unsaturated/α-hetero) is 1. The van der Waals surface area contributed by atoms with Gasteiger partial charge in [0.25, 0.3) is 5.91 Å². The molecule has 0 aromatic heterocycles. The quantitative estimate of drug-likeness (QED) is 0.362. The second-order valence-corrected chi connectivity index (χ2v) is 4.76. The molecule has 1 rings (SSSR count). The van der Waals surface area contributed by atoms with E-state index in [1.165, 1.54) is 11.9 Å². The van der Waals surface area contributed by atoms with Crippen molar-refractivity contribution in [2.24, 2.45) is 5.84 Å². The van der Waals surface area contributed by atoms with Crippen LogP contribution >= 0.6 is 0 Å². The third-order valence-electron chi connectivity index (χ3n) is 2.80. The third-order valence-corrected chi connectivity index (χ3v) is 2.80. The number of hydrogen-bond donors (Lipinski definition) is 1. The number of nitrogens with zero attached hydrogens (tertiary/aromatic N) is 2. The first kappa shape index (κ1) is 15.3. The lowest BCUT2D eigenvalue weighted by atomic mass is 10.0. The summed E-state index contributed by atoms with van der Waals surface area (Å²) < 4.78 is 0. The van der Waals surface area contributed by atoms with Crippen molar-refractivity contribution in [3.63, 3.8) is 0 Å².